The molecular weight excluding hydrogens is 506 g/mol. The van der Waals surface area contributed by atoms with Crippen LogP contribution < -0.4 is 21.7 Å². The van der Waals surface area contributed by atoms with Crippen LogP contribution in [0.1, 0.15) is 18.9 Å². The fourth-order valence-electron chi connectivity index (χ4n) is 3.52. The lowest BCUT2D eigenvalue weighted by molar-refractivity contribution is -0.142. The standard InChI is InChI=1S/C23H33N5O6S2/c1-12(29)19(22(32)27-18(11-35)21(31)26-17(23(33)34)7-8-36-2)28-20(30)15(24)9-13-10-25-16-6-4-3-5-14(13)16/h3-6,10,12,15,17-19,25,29,35H,7-9,11,24H2,1-2H3,(H,26,31)(H,27,32)(H,28,30)(H,33,34). The second kappa shape index (κ2) is 14.1. The Kier molecular flexibility index (Phi) is 11.6. The van der Waals surface area contributed by atoms with Gasteiger partial charge in [-0.15, -0.1) is 0 Å². The molecule has 11 nitrogen and oxygen atoms in total. The van der Waals surface area contributed by atoms with Crippen LogP contribution in [0, 0.1) is 0 Å². The van der Waals surface area contributed by atoms with Gasteiger partial charge in [0.15, 0.2) is 0 Å². The van der Waals surface area contributed by atoms with Crippen LogP contribution in [0.15, 0.2) is 30.5 Å². The molecule has 5 atom stereocenters. The number of benzene rings is 1. The zero-order chi connectivity index (χ0) is 26.8. The maximum Gasteiger partial charge on any atom is 0.326 e. The lowest BCUT2D eigenvalue weighted by Crippen LogP contribution is -2.60. The van der Waals surface area contributed by atoms with E-state index in [1.54, 1.807) is 6.20 Å². The van der Waals surface area contributed by atoms with Crippen LogP contribution >= 0.6 is 24.4 Å². The summed E-state index contributed by atoms with van der Waals surface area (Å²) in [5.74, 6) is -3.03. The zero-order valence-electron chi connectivity index (χ0n) is 20.1. The first-order valence-electron chi connectivity index (χ1n) is 11.3. The van der Waals surface area contributed by atoms with Gasteiger partial charge in [-0.2, -0.15) is 24.4 Å². The Morgan fingerprint density at radius 3 is 2.36 bits per heavy atom. The maximum atomic E-state index is 12.8. The number of nitrogens with one attached hydrogen (secondary N) is 4. The molecule has 0 aliphatic heterocycles. The number of thioether (sulfide) groups is 1. The van der Waals surface area contributed by atoms with E-state index >= 15 is 0 Å². The van der Waals surface area contributed by atoms with Crippen LogP contribution in [0.3, 0.4) is 0 Å². The van der Waals surface area contributed by atoms with Gasteiger partial charge in [-0.05, 0) is 43.4 Å². The number of aliphatic hydroxyl groups is 1. The highest BCUT2D eigenvalue weighted by atomic mass is 32.2. The molecule has 0 saturated heterocycles. The fraction of sp³-hybridized carbons (Fsp3) is 0.478. The minimum Gasteiger partial charge on any atom is -0.480 e. The van der Waals surface area contributed by atoms with E-state index in [-0.39, 0.29) is 18.6 Å². The quantitative estimate of drug-likeness (QED) is 0.150. The molecule has 0 bridgehead atoms. The molecule has 13 heteroatoms. The van der Waals surface area contributed by atoms with E-state index in [0.717, 1.165) is 16.5 Å². The molecule has 0 fully saturated rings. The third-order valence-corrected chi connectivity index (χ3v) is 6.56. The van der Waals surface area contributed by atoms with Gasteiger partial charge in [0.1, 0.15) is 18.1 Å². The van der Waals surface area contributed by atoms with Crippen molar-refractivity contribution in [2.45, 2.75) is 50.0 Å². The monoisotopic (exact) mass is 539 g/mol. The van der Waals surface area contributed by atoms with Gasteiger partial charge >= 0.3 is 5.97 Å². The Balaban J connectivity index is 2.02. The summed E-state index contributed by atoms with van der Waals surface area (Å²) in [5.41, 5.74) is 7.80. The largest absolute Gasteiger partial charge is 0.480 e. The summed E-state index contributed by atoms with van der Waals surface area (Å²) in [4.78, 5) is 52.7. The Hall–Kier alpha value is -2.74. The van der Waals surface area contributed by atoms with Crippen molar-refractivity contribution in [3.63, 3.8) is 0 Å². The van der Waals surface area contributed by atoms with Crippen molar-refractivity contribution in [2.24, 2.45) is 5.73 Å². The summed E-state index contributed by atoms with van der Waals surface area (Å²) >= 11 is 5.51. The van der Waals surface area contributed by atoms with Crippen LogP contribution in [0.2, 0.25) is 0 Å². The second-order valence-electron chi connectivity index (χ2n) is 8.32. The van der Waals surface area contributed by atoms with Crippen LogP contribution in [-0.2, 0) is 25.6 Å². The van der Waals surface area contributed by atoms with Crippen molar-refractivity contribution in [1.82, 2.24) is 20.9 Å². The number of aromatic amines is 1. The molecule has 8 N–H and O–H groups in total. The lowest BCUT2D eigenvalue weighted by atomic mass is 10.0. The summed E-state index contributed by atoms with van der Waals surface area (Å²) in [6.45, 7) is 1.31. The van der Waals surface area contributed by atoms with E-state index in [2.05, 4.69) is 33.6 Å². The number of carbonyl (C=O) groups is 4. The molecular formula is C23H33N5O6S2. The van der Waals surface area contributed by atoms with Crippen LogP contribution in [-0.4, -0.2) is 86.9 Å². The number of hydrogen-bond acceptors (Lipinski definition) is 8. The van der Waals surface area contributed by atoms with E-state index in [0.29, 0.717) is 5.75 Å². The normalized spacial score (nSPS) is 15.4. The van der Waals surface area contributed by atoms with Crippen LogP contribution in [0.4, 0.5) is 0 Å². The van der Waals surface area contributed by atoms with E-state index in [1.165, 1.54) is 18.7 Å². The van der Waals surface area contributed by atoms with E-state index in [4.69, 9.17) is 5.73 Å². The number of amides is 3. The number of aromatic nitrogens is 1. The Labute approximate surface area is 218 Å². The maximum absolute atomic E-state index is 12.8. The highest BCUT2D eigenvalue weighted by molar-refractivity contribution is 7.98. The first-order valence-corrected chi connectivity index (χ1v) is 13.3. The molecule has 5 unspecified atom stereocenters. The number of aliphatic hydroxyl groups excluding tert-OH is 1. The molecule has 0 aliphatic rings. The van der Waals surface area contributed by atoms with Crippen molar-refractivity contribution in [3.8, 4) is 0 Å². The van der Waals surface area contributed by atoms with Gasteiger partial charge in [0.2, 0.25) is 17.7 Å². The molecule has 1 heterocycles. The molecule has 198 valence electrons. The van der Waals surface area contributed by atoms with Crippen molar-refractivity contribution in [2.75, 3.05) is 17.8 Å². The van der Waals surface area contributed by atoms with Gasteiger partial charge in [0.25, 0.3) is 0 Å². The Bertz CT molecular complexity index is 1060. The van der Waals surface area contributed by atoms with E-state index < -0.39 is 54.0 Å². The van der Waals surface area contributed by atoms with Crippen molar-refractivity contribution in [1.29, 1.82) is 0 Å². The SMILES string of the molecule is CSCCC(NC(=O)C(CS)NC(=O)C(NC(=O)C(N)Cc1c[nH]c2ccccc12)C(C)O)C(=O)O. The van der Waals surface area contributed by atoms with Crippen molar-refractivity contribution < 1.29 is 29.4 Å². The molecule has 36 heavy (non-hydrogen) atoms. The number of fused-ring (bicyclic) bond motifs is 1. The number of nitrogens with two attached hydrogens (primary N) is 1. The van der Waals surface area contributed by atoms with Gasteiger partial charge < -0.3 is 36.9 Å². The molecule has 2 aromatic rings. The van der Waals surface area contributed by atoms with Gasteiger partial charge in [-0.1, -0.05) is 18.2 Å². The third-order valence-electron chi connectivity index (χ3n) is 5.55. The first-order chi connectivity index (χ1) is 17.1. The lowest BCUT2D eigenvalue weighted by Gasteiger charge is -2.25. The summed E-state index contributed by atoms with van der Waals surface area (Å²) in [7, 11) is 0. The van der Waals surface area contributed by atoms with Gasteiger partial charge in [0, 0.05) is 22.9 Å². The number of carboxylic acid groups (broad SMARTS) is 1. The van der Waals surface area contributed by atoms with Crippen LogP contribution in [0.5, 0.6) is 0 Å². The van der Waals surface area contributed by atoms with Gasteiger partial charge in [0.05, 0.1) is 12.1 Å². The molecule has 1 aromatic carbocycles. The summed E-state index contributed by atoms with van der Waals surface area (Å²) < 4.78 is 0. The number of aliphatic carboxylic acids is 1. The van der Waals surface area contributed by atoms with Crippen molar-refractivity contribution >= 4 is 59.0 Å². The molecule has 2 rings (SSSR count). The van der Waals surface area contributed by atoms with Gasteiger partial charge in [-0.3, -0.25) is 14.4 Å². The zero-order valence-corrected chi connectivity index (χ0v) is 21.8. The smallest absolute Gasteiger partial charge is 0.326 e. The third kappa shape index (κ3) is 8.15. The number of thiol groups is 1. The fourth-order valence-corrected chi connectivity index (χ4v) is 4.25. The Morgan fingerprint density at radius 1 is 1.08 bits per heavy atom. The number of hydrogen-bond donors (Lipinski definition) is 8. The molecule has 0 radical (unpaired) electrons. The highest BCUT2D eigenvalue weighted by Gasteiger charge is 2.32. The number of carboxylic acids is 1. The number of para-hydroxylation sites is 1. The summed E-state index contributed by atoms with van der Waals surface area (Å²) in [5, 5.41) is 27.6. The topological polar surface area (TPSA) is 187 Å². The average Bonchev–Trinajstić information content (AvgIpc) is 3.25. The minimum absolute atomic E-state index is 0.132. The van der Waals surface area contributed by atoms with E-state index in [1.807, 2.05) is 30.5 Å². The average molecular weight is 540 g/mol. The second-order valence-corrected chi connectivity index (χ2v) is 9.67. The van der Waals surface area contributed by atoms with Gasteiger partial charge in [-0.25, -0.2) is 4.79 Å². The predicted molar refractivity (Wildman–Crippen MR) is 142 cm³/mol. The van der Waals surface area contributed by atoms with E-state index in [9.17, 15) is 29.4 Å². The predicted octanol–water partition coefficient (Wildman–Crippen LogP) is -0.360. The molecule has 3 amide bonds. The number of rotatable bonds is 14. The highest BCUT2D eigenvalue weighted by Crippen LogP contribution is 2.18. The minimum atomic E-state index is -1.39. The molecule has 0 spiro atoms. The van der Waals surface area contributed by atoms with Crippen molar-refractivity contribution in [3.05, 3.63) is 36.0 Å². The first kappa shape index (κ1) is 29.5. The number of H-pyrrole nitrogens is 1. The summed E-state index contributed by atoms with van der Waals surface area (Å²) in [6, 6.07) is 2.84. The van der Waals surface area contributed by atoms with Crippen LogP contribution in [0.25, 0.3) is 10.9 Å². The number of carbonyl (C=O) groups excluding carboxylic acids is 3. The molecule has 1 aromatic heterocycles. The molecule has 0 saturated carbocycles. The Morgan fingerprint density at radius 2 is 1.75 bits per heavy atom. The summed E-state index contributed by atoms with van der Waals surface area (Å²) in [6.07, 6.45) is 2.67. The molecule has 0 aliphatic carbocycles.